The van der Waals surface area contributed by atoms with Crippen LogP contribution in [0.3, 0.4) is 0 Å². The molecule has 0 fully saturated rings. The zero-order chi connectivity index (χ0) is 13.3. The summed E-state index contributed by atoms with van der Waals surface area (Å²) in [5, 5.41) is 11.5. The molecule has 2 rings (SSSR count). The fourth-order valence-corrected chi connectivity index (χ4v) is 2.87. The number of carbonyl (C=O) groups excluding carboxylic acids is 1. The van der Waals surface area contributed by atoms with Gasteiger partial charge in [0.25, 0.3) is 0 Å². The van der Waals surface area contributed by atoms with Crippen LogP contribution >= 0.6 is 15.9 Å². The molecular weight excluding hydrogens is 298 g/mol. The van der Waals surface area contributed by atoms with Crippen LogP contribution in [-0.4, -0.2) is 17.0 Å². The maximum Gasteiger partial charge on any atom is 0.303 e. The summed E-state index contributed by atoms with van der Waals surface area (Å²) in [6, 6.07) is 3.89. The Bertz CT molecular complexity index is 513. The molecule has 1 unspecified atom stereocenters. The number of amides is 1. The SMILES string of the molecule is CC(CCC(=O)O)c1cc2c(cc1Br)NC(=O)C2. The summed E-state index contributed by atoms with van der Waals surface area (Å²) >= 11 is 3.48. The van der Waals surface area contributed by atoms with E-state index in [9.17, 15) is 9.59 Å². The number of rotatable bonds is 4. The molecule has 0 bridgehead atoms. The lowest BCUT2D eigenvalue weighted by Gasteiger charge is -2.14. The molecule has 0 saturated carbocycles. The highest BCUT2D eigenvalue weighted by Gasteiger charge is 2.21. The van der Waals surface area contributed by atoms with Crippen molar-refractivity contribution in [1.82, 2.24) is 0 Å². The zero-order valence-corrected chi connectivity index (χ0v) is 11.6. The number of carboxylic acids is 1. The molecule has 0 spiro atoms. The van der Waals surface area contributed by atoms with Crippen molar-refractivity contribution in [3.63, 3.8) is 0 Å². The van der Waals surface area contributed by atoms with E-state index in [4.69, 9.17) is 5.11 Å². The lowest BCUT2D eigenvalue weighted by molar-refractivity contribution is -0.137. The minimum Gasteiger partial charge on any atom is -0.481 e. The number of halogens is 1. The van der Waals surface area contributed by atoms with Gasteiger partial charge in [-0.3, -0.25) is 9.59 Å². The lowest BCUT2D eigenvalue weighted by Crippen LogP contribution is -2.03. The molecule has 0 aromatic heterocycles. The molecule has 0 radical (unpaired) electrons. The van der Waals surface area contributed by atoms with Gasteiger partial charge >= 0.3 is 5.97 Å². The Labute approximate surface area is 114 Å². The normalized spacial score (nSPS) is 15.1. The van der Waals surface area contributed by atoms with Gasteiger partial charge in [0.1, 0.15) is 0 Å². The van der Waals surface area contributed by atoms with Gasteiger partial charge in [0, 0.05) is 16.6 Å². The quantitative estimate of drug-likeness (QED) is 0.898. The van der Waals surface area contributed by atoms with Crippen molar-refractivity contribution in [3.05, 3.63) is 27.7 Å². The van der Waals surface area contributed by atoms with Crippen LogP contribution in [0.4, 0.5) is 5.69 Å². The molecule has 96 valence electrons. The summed E-state index contributed by atoms with van der Waals surface area (Å²) in [6.45, 7) is 2.00. The van der Waals surface area contributed by atoms with Crippen LogP contribution in [0.15, 0.2) is 16.6 Å². The van der Waals surface area contributed by atoms with Gasteiger partial charge in [0.05, 0.1) is 6.42 Å². The van der Waals surface area contributed by atoms with E-state index in [1.807, 2.05) is 19.1 Å². The molecule has 0 aliphatic carbocycles. The Balaban J connectivity index is 2.21. The van der Waals surface area contributed by atoms with Crippen LogP contribution in [0.25, 0.3) is 0 Å². The first-order chi connectivity index (χ1) is 8.47. The fraction of sp³-hybridized carbons (Fsp3) is 0.385. The number of aliphatic carboxylic acids is 1. The van der Waals surface area contributed by atoms with Crippen LogP contribution in [0, 0.1) is 0 Å². The predicted molar refractivity (Wildman–Crippen MR) is 71.8 cm³/mol. The average Bonchev–Trinajstić information content (AvgIpc) is 2.64. The van der Waals surface area contributed by atoms with Gasteiger partial charge in [-0.1, -0.05) is 28.9 Å². The molecule has 1 aromatic rings. The first kappa shape index (κ1) is 13.1. The minimum absolute atomic E-state index is 0.00670. The maximum atomic E-state index is 11.3. The second-order valence-corrected chi connectivity index (χ2v) is 5.44. The number of fused-ring (bicyclic) bond motifs is 1. The van der Waals surface area contributed by atoms with E-state index in [1.165, 1.54) is 0 Å². The highest BCUT2D eigenvalue weighted by atomic mass is 79.9. The highest BCUT2D eigenvalue weighted by molar-refractivity contribution is 9.10. The van der Waals surface area contributed by atoms with Crippen molar-refractivity contribution >= 4 is 33.5 Å². The van der Waals surface area contributed by atoms with Crippen LogP contribution in [-0.2, 0) is 16.0 Å². The predicted octanol–water partition coefficient (Wildman–Crippen LogP) is 2.91. The Morgan fingerprint density at radius 1 is 1.56 bits per heavy atom. The number of hydrogen-bond acceptors (Lipinski definition) is 2. The molecule has 1 aliphatic heterocycles. The molecule has 1 aliphatic rings. The third-order valence-electron chi connectivity index (χ3n) is 3.17. The Kier molecular flexibility index (Phi) is 3.71. The van der Waals surface area contributed by atoms with Crippen LogP contribution < -0.4 is 5.32 Å². The van der Waals surface area contributed by atoms with Gasteiger partial charge in [0.2, 0.25) is 5.91 Å². The summed E-state index contributed by atoms with van der Waals surface area (Å²) in [4.78, 5) is 21.9. The third-order valence-corrected chi connectivity index (χ3v) is 3.86. The molecule has 1 atom stereocenters. The van der Waals surface area contributed by atoms with Crippen LogP contribution in [0.5, 0.6) is 0 Å². The molecule has 1 amide bonds. The van der Waals surface area contributed by atoms with Gasteiger partial charge < -0.3 is 10.4 Å². The van der Waals surface area contributed by atoms with Crippen molar-refractivity contribution in [1.29, 1.82) is 0 Å². The maximum absolute atomic E-state index is 11.3. The number of nitrogens with one attached hydrogen (secondary N) is 1. The van der Waals surface area contributed by atoms with E-state index in [2.05, 4.69) is 21.2 Å². The van der Waals surface area contributed by atoms with Gasteiger partial charge in [-0.2, -0.15) is 0 Å². The van der Waals surface area contributed by atoms with E-state index in [0.29, 0.717) is 12.8 Å². The minimum atomic E-state index is -0.782. The van der Waals surface area contributed by atoms with Crippen molar-refractivity contribution in [2.75, 3.05) is 5.32 Å². The second kappa shape index (κ2) is 5.10. The highest BCUT2D eigenvalue weighted by Crippen LogP contribution is 2.35. The summed E-state index contributed by atoms with van der Waals surface area (Å²) in [7, 11) is 0. The zero-order valence-electron chi connectivity index (χ0n) is 10.00. The average molecular weight is 312 g/mol. The number of carbonyl (C=O) groups is 2. The number of carboxylic acid groups (broad SMARTS) is 1. The summed E-state index contributed by atoms with van der Waals surface area (Å²) in [5.41, 5.74) is 2.90. The Morgan fingerprint density at radius 2 is 2.28 bits per heavy atom. The van der Waals surface area contributed by atoms with Gasteiger partial charge in [-0.15, -0.1) is 0 Å². The Morgan fingerprint density at radius 3 is 2.94 bits per heavy atom. The number of hydrogen-bond donors (Lipinski definition) is 2. The monoisotopic (exact) mass is 311 g/mol. The summed E-state index contributed by atoms with van der Waals surface area (Å²) < 4.78 is 0.918. The standard InChI is InChI=1S/C13H14BrNO3/c1-7(2-3-13(17)18)9-4-8-5-12(16)15-11(8)6-10(9)14/h4,6-7H,2-3,5H2,1H3,(H,15,16)(H,17,18). The third kappa shape index (κ3) is 2.72. The summed E-state index contributed by atoms with van der Waals surface area (Å²) in [6.07, 6.45) is 1.15. The fourth-order valence-electron chi connectivity index (χ4n) is 2.14. The first-order valence-corrected chi connectivity index (χ1v) is 6.60. The van der Waals surface area contributed by atoms with Crippen molar-refractivity contribution < 1.29 is 14.7 Å². The molecule has 5 heteroatoms. The van der Waals surface area contributed by atoms with E-state index >= 15 is 0 Å². The Hall–Kier alpha value is -1.36. The van der Waals surface area contributed by atoms with Gasteiger partial charge in [0.15, 0.2) is 0 Å². The van der Waals surface area contributed by atoms with E-state index < -0.39 is 5.97 Å². The molecule has 1 aromatic carbocycles. The lowest BCUT2D eigenvalue weighted by atomic mass is 9.94. The topological polar surface area (TPSA) is 66.4 Å². The van der Waals surface area contributed by atoms with Crippen molar-refractivity contribution in [3.8, 4) is 0 Å². The largest absolute Gasteiger partial charge is 0.481 e. The van der Waals surface area contributed by atoms with Gasteiger partial charge in [-0.05, 0) is 29.5 Å². The second-order valence-electron chi connectivity index (χ2n) is 4.59. The molecule has 1 heterocycles. The smallest absolute Gasteiger partial charge is 0.303 e. The van der Waals surface area contributed by atoms with E-state index in [1.54, 1.807) is 0 Å². The first-order valence-electron chi connectivity index (χ1n) is 5.81. The van der Waals surface area contributed by atoms with Crippen molar-refractivity contribution in [2.24, 2.45) is 0 Å². The molecule has 2 N–H and O–H groups in total. The number of benzene rings is 1. The van der Waals surface area contributed by atoms with E-state index in [0.717, 1.165) is 21.3 Å². The molecule has 0 saturated heterocycles. The summed E-state index contributed by atoms with van der Waals surface area (Å²) in [5.74, 6) is -0.625. The molecule has 18 heavy (non-hydrogen) atoms. The van der Waals surface area contributed by atoms with E-state index in [-0.39, 0.29) is 18.2 Å². The molecule has 4 nitrogen and oxygen atoms in total. The van der Waals surface area contributed by atoms with Gasteiger partial charge in [-0.25, -0.2) is 0 Å². The van der Waals surface area contributed by atoms with Crippen LogP contribution in [0.2, 0.25) is 0 Å². The number of anilines is 1. The molecular formula is C13H14BrNO3. The van der Waals surface area contributed by atoms with Crippen molar-refractivity contribution in [2.45, 2.75) is 32.1 Å². The van der Waals surface area contributed by atoms with Crippen LogP contribution in [0.1, 0.15) is 36.8 Å².